The van der Waals surface area contributed by atoms with Crippen LogP contribution in [0.5, 0.6) is 0 Å². The molecule has 0 bridgehead atoms. The smallest absolute Gasteiger partial charge is 0.338 e. The van der Waals surface area contributed by atoms with E-state index in [4.69, 9.17) is 28.6 Å². The van der Waals surface area contributed by atoms with Crippen LogP contribution in [0.1, 0.15) is 37.8 Å². The molecule has 31 heavy (non-hydrogen) atoms. The molecule has 8 nitrogen and oxygen atoms in total. The molecule has 10 heteroatoms. The molecule has 0 spiro atoms. The number of rotatable bonds is 8. The van der Waals surface area contributed by atoms with Crippen molar-refractivity contribution in [1.29, 1.82) is 5.41 Å². The Hall–Kier alpha value is -2.55. The predicted molar refractivity (Wildman–Crippen MR) is 127 cm³/mol. The molecular weight excluding hydrogens is 437 g/mol. The highest BCUT2D eigenvalue weighted by Gasteiger charge is 2.23. The van der Waals surface area contributed by atoms with Crippen molar-refractivity contribution in [1.82, 2.24) is 20.6 Å². The van der Waals surface area contributed by atoms with Gasteiger partial charge in [0.15, 0.2) is 5.82 Å². The van der Waals surface area contributed by atoms with Gasteiger partial charge in [0.25, 0.3) is 0 Å². The zero-order valence-electron chi connectivity index (χ0n) is 18.5. The number of halogens is 2. The molecule has 1 aromatic rings. The molecule has 0 aliphatic carbocycles. The van der Waals surface area contributed by atoms with E-state index in [0.717, 1.165) is 11.1 Å². The van der Waals surface area contributed by atoms with Crippen LogP contribution in [0.3, 0.4) is 0 Å². The van der Waals surface area contributed by atoms with Crippen LogP contribution in [0.2, 0.25) is 0 Å². The molecule has 1 aliphatic heterocycles. The number of pyridine rings is 1. The van der Waals surface area contributed by atoms with E-state index in [0.29, 0.717) is 34.7 Å². The van der Waals surface area contributed by atoms with E-state index in [9.17, 15) is 4.79 Å². The van der Waals surface area contributed by atoms with E-state index < -0.39 is 11.5 Å². The van der Waals surface area contributed by atoms with Crippen LogP contribution in [0.25, 0.3) is 0 Å². The molecule has 2 rings (SSSR count). The highest BCUT2D eigenvalue weighted by Crippen LogP contribution is 2.27. The summed E-state index contributed by atoms with van der Waals surface area (Å²) < 4.78 is 0. The molecule has 2 heterocycles. The molecule has 0 fully saturated rings. The predicted octanol–water partition coefficient (Wildman–Crippen LogP) is 3.10. The number of alkyl halides is 1. The number of allylic oxidation sites excluding steroid dienone is 1. The van der Waals surface area contributed by atoms with Gasteiger partial charge in [0, 0.05) is 18.5 Å². The Morgan fingerprint density at radius 3 is 2.71 bits per heavy atom. The average Bonchev–Trinajstić information content (AvgIpc) is 2.70. The maximum absolute atomic E-state index is 12.7. The minimum atomic E-state index is -0.468. The van der Waals surface area contributed by atoms with Gasteiger partial charge in [-0.25, -0.2) is 10.2 Å². The topological polar surface area (TPSA) is 101 Å². The van der Waals surface area contributed by atoms with Crippen LogP contribution in [0.4, 0.5) is 16.4 Å². The average molecular weight is 467 g/mol. The molecule has 1 unspecified atom stereocenters. The lowest BCUT2D eigenvalue weighted by Gasteiger charge is -2.28. The Morgan fingerprint density at radius 1 is 1.52 bits per heavy atom. The van der Waals surface area contributed by atoms with Gasteiger partial charge in [-0.1, -0.05) is 43.1 Å². The summed E-state index contributed by atoms with van der Waals surface area (Å²) in [7, 11) is 3.64. The number of hydrogen-bond acceptors (Lipinski definition) is 5. The summed E-state index contributed by atoms with van der Waals surface area (Å²) in [5, 5.41) is 14.8. The number of amides is 2. The Bertz CT molecular complexity index is 927. The van der Waals surface area contributed by atoms with Crippen molar-refractivity contribution in [3.05, 3.63) is 52.9 Å². The van der Waals surface area contributed by atoms with Gasteiger partial charge in [0.2, 0.25) is 5.82 Å². The van der Waals surface area contributed by atoms with Gasteiger partial charge >= 0.3 is 6.03 Å². The zero-order valence-corrected chi connectivity index (χ0v) is 20.0. The van der Waals surface area contributed by atoms with Crippen molar-refractivity contribution in [2.75, 3.05) is 25.6 Å². The monoisotopic (exact) mass is 466 g/mol. The number of nitrogens with zero attached hydrogens (tertiary/aromatic N) is 3. The third-order valence-electron chi connectivity index (χ3n) is 4.72. The molecular formula is C21H30Cl2N7O+. The first-order valence-corrected chi connectivity index (χ1v) is 10.7. The van der Waals surface area contributed by atoms with E-state index in [1.54, 1.807) is 42.1 Å². The molecule has 0 aromatic carbocycles. The fourth-order valence-electron chi connectivity index (χ4n) is 3.12. The number of hydrazine groups is 1. The number of hydrogen-bond donors (Lipinski definition) is 4. The second-order valence-corrected chi connectivity index (χ2v) is 8.27. The minimum absolute atomic E-state index is 0.174. The van der Waals surface area contributed by atoms with E-state index in [2.05, 4.69) is 36.2 Å². The second-order valence-electron chi connectivity index (χ2n) is 7.44. The summed E-state index contributed by atoms with van der Waals surface area (Å²) in [6.07, 6.45) is 4.98. The number of carbonyl (C=O) groups excluding carboxylic acids is 1. The van der Waals surface area contributed by atoms with Crippen LogP contribution in [0, 0.1) is 5.41 Å². The summed E-state index contributed by atoms with van der Waals surface area (Å²) in [5.41, 5.74) is 5.08. The highest BCUT2D eigenvalue weighted by molar-refractivity contribution is 6.30. The zero-order chi connectivity index (χ0) is 23.3. The van der Waals surface area contributed by atoms with Crippen molar-refractivity contribution in [3.63, 3.8) is 0 Å². The molecule has 1 aromatic heterocycles. The van der Waals surface area contributed by atoms with Crippen LogP contribution in [-0.2, 0) is 0 Å². The fraction of sp³-hybridized carbons (Fsp3) is 0.381. The van der Waals surface area contributed by atoms with Gasteiger partial charge in [-0.05, 0) is 36.6 Å². The summed E-state index contributed by atoms with van der Waals surface area (Å²) in [5.74, 6) is 1.42. The van der Waals surface area contributed by atoms with Gasteiger partial charge in [-0.3, -0.25) is 10.3 Å². The standard InChI is InChI=1S/C21H29Cl2N7O/c1-7-8-30(28-21(31)26-14-9-16(22)29(6)17(23)10-14)18-11-15(12(2)3)19(13(4)24)20(25-5)27-18/h7,9-12,16,24H,1,8H2,2-6H3,(H,25,27)(H2,26,28,31)/p+1. The van der Waals surface area contributed by atoms with E-state index in [1.165, 1.54) is 0 Å². The van der Waals surface area contributed by atoms with Crippen molar-refractivity contribution in [2.24, 2.45) is 0 Å². The summed E-state index contributed by atoms with van der Waals surface area (Å²) >= 11 is 12.4. The Balaban J connectivity index is 2.33. The van der Waals surface area contributed by atoms with Crippen LogP contribution < -0.4 is 21.1 Å². The van der Waals surface area contributed by atoms with E-state index >= 15 is 0 Å². The number of nitrogens with one attached hydrogen (secondary N) is 3. The Morgan fingerprint density at radius 2 is 2.19 bits per heavy atom. The van der Waals surface area contributed by atoms with Crippen molar-refractivity contribution in [3.8, 4) is 0 Å². The molecule has 1 atom stereocenters. The molecule has 1 aliphatic rings. The van der Waals surface area contributed by atoms with Crippen LogP contribution in [-0.4, -0.2) is 47.8 Å². The van der Waals surface area contributed by atoms with Gasteiger partial charge in [-0.15, -0.1) is 6.58 Å². The summed E-state index contributed by atoms with van der Waals surface area (Å²) in [6.45, 7) is 9.99. The third-order valence-corrected chi connectivity index (χ3v) is 5.51. The van der Waals surface area contributed by atoms with Crippen LogP contribution in [0.15, 0.2) is 41.7 Å². The maximum atomic E-state index is 12.7. The first-order valence-electron chi connectivity index (χ1n) is 9.90. The number of quaternary nitrogens is 1. The lowest BCUT2D eigenvalue weighted by atomic mass is 9.95. The first kappa shape index (κ1) is 24.7. The first-order chi connectivity index (χ1) is 14.6. The van der Waals surface area contributed by atoms with Crippen molar-refractivity contribution >= 4 is 46.6 Å². The van der Waals surface area contributed by atoms with Crippen molar-refractivity contribution < 1.29 is 10.1 Å². The van der Waals surface area contributed by atoms with Gasteiger partial charge in [0.1, 0.15) is 10.7 Å². The maximum Gasteiger partial charge on any atom is 0.338 e. The van der Waals surface area contributed by atoms with Crippen molar-refractivity contribution in [2.45, 2.75) is 32.2 Å². The summed E-state index contributed by atoms with van der Waals surface area (Å²) in [6, 6.07) is 1.43. The number of carbonyl (C=O) groups is 1. The molecule has 0 radical (unpaired) electrons. The quantitative estimate of drug-likeness (QED) is 0.155. The summed E-state index contributed by atoms with van der Waals surface area (Å²) in [4.78, 5) is 19.0. The lowest BCUT2D eigenvalue weighted by molar-refractivity contribution is -0.543. The number of likely N-dealkylation sites (N-methyl/N-ethyl adjacent to an activating group) is 1. The molecule has 2 amide bonds. The lowest BCUT2D eigenvalue weighted by Crippen LogP contribution is -2.74. The normalized spacial score (nSPS) is 15.9. The number of anilines is 1. The largest absolute Gasteiger partial charge is 0.346 e. The Labute approximate surface area is 193 Å². The molecule has 0 saturated heterocycles. The number of aromatic nitrogens is 1. The van der Waals surface area contributed by atoms with Crippen LogP contribution >= 0.6 is 23.2 Å². The SMILES string of the molecule is C=CCN(NC(=O)NC1=CC(Cl)N(C)C(Cl)=C1)c1cc(C(C)C)c(C(C)=N)c([NH2+]C)n1. The Kier molecular flexibility index (Phi) is 8.50. The van der Waals surface area contributed by atoms with Gasteiger partial charge in [0.05, 0.1) is 19.2 Å². The fourth-order valence-corrected chi connectivity index (χ4v) is 3.64. The minimum Gasteiger partial charge on any atom is -0.346 e. The highest BCUT2D eigenvalue weighted by atomic mass is 35.5. The molecule has 5 N–H and O–H groups in total. The number of nitrogens with two attached hydrogens (primary N) is 1. The van der Waals surface area contributed by atoms with Gasteiger partial charge in [-0.2, -0.15) is 4.98 Å². The molecule has 0 saturated carbocycles. The van der Waals surface area contributed by atoms with E-state index in [1.807, 2.05) is 18.4 Å². The third kappa shape index (κ3) is 6.00. The van der Waals surface area contributed by atoms with Gasteiger partial charge < -0.3 is 15.6 Å². The molecule has 168 valence electrons. The number of urea groups is 1. The second kappa shape index (κ2) is 10.7. The van der Waals surface area contributed by atoms with E-state index in [-0.39, 0.29) is 5.92 Å².